The first-order chi connectivity index (χ1) is 11.0. The molecule has 0 radical (unpaired) electrons. The number of halogens is 1. The van der Waals surface area contributed by atoms with Crippen LogP contribution >= 0.6 is 11.8 Å². The van der Waals surface area contributed by atoms with E-state index in [-0.39, 0.29) is 30.0 Å². The van der Waals surface area contributed by atoms with Crippen molar-refractivity contribution in [2.45, 2.75) is 63.6 Å². The van der Waals surface area contributed by atoms with Gasteiger partial charge in [-0.1, -0.05) is 6.92 Å². The molecule has 2 aliphatic carbocycles. The number of methoxy groups -OCH3 is 1. The van der Waals surface area contributed by atoms with Crippen LogP contribution in [0.4, 0.5) is 0 Å². The SMILES string of the molecule is CO[C@H]1C[C@@H]2C[C@H](N(Cl)CC(=O)N3CCC[C@H]3C#N)C[C@]2(C)C1. The lowest BCUT2D eigenvalue weighted by atomic mass is 9.83. The van der Waals surface area contributed by atoms with Crippen LogP contribution in [0.3, 0.4) is 0 Å². The minimum atomic E-state index is -0.268. The maximum atomic E-state index is 12.4. The summed E-state index contributed by atoms with van der Waals surface area (Å²) in [5, 5.41) is 9.12. The third-order valence-electron chi connectivity index (χ3n) is 6.22. The zero-order valence-electron chi connectivity index (χ0n) is 14.0. The Labute approximate surface area is 143 Å². The summed E-state index contributed by atoms with van der Waals surface area (Å²) in [6.45, 7) is 3.22. The van der Waals surface area contributed by atoms with Crippen molar-refractivity contribution in [2.24, 2.45) is 11.3 Å². The van der Waals surface area contributed by atoms with E-state index in [1.165, 1.54) is 0 Å². The summed E-state index contributed by atoms with van der Waals surface area (Å²) < 4.78 is 7.22. The molecule has 1 heterocycles. The van der Waals surface area contributed by atoms with E-state index in [0.29, 0.717) is 18.6 Å². The third-order valence-corrected chi connectivity index (χ3v) is 6.62. The van der Waals surface area contributed by atoms with Gasteiger partial charge in [0.2, 0.25) is 5.91 Å². The first kappa shape index (κ1) is 17.0. The van der Waals surface area contributed by atoms with Gasteiger partial charge in [0.1, 0.15) is 6.04 Å². The van der Waals surface area contributed by atoms with Gasteiger partial charge in [0.25, 0.3) is 0 Å². The maximum absolute atomic E-state index is 12.4. The second-order valence-electron chi connectivity index (χ2n) is 7.67. The Balaban J connectivity index is 1.55. The highest BCUT2D eigenvalue weighted by Gasteiger charge is 2.51. The lowest BCUT2D eigenvalue weighted by Crippen LogP contribution is -2.42. The maximum Gasteiger partial charge on any atom is 0.239 e. The van der Waals surface area contributed by atoms with Crippen LogP contribution in [-0.4, -0.2) is 53.6 Å². The largest absolute Gasteiger partial charge is 0.381 e. The lowest BCUT2D eigenvalue weighted by Gasteiger charge is -2.27. The third kappa shape index (κ3) is 3.22. The zero-order chi connectivity index (χ0) is 16.6. The van der Waals surface area contributed by atoms with Gasteiger partial charge in [-0.25, -0.2) is 4.42 Å². The minimum Gasteiger partial charge on any atom is -0.381 e. The average Bonchev–Trinajstić information content (AvgIpc) is 3.17. The highest BCUT2D eigenvalue weighted by Crippen LogP contribution is 2.55. The van der Waals surface area contributed by atoms with Gasteiger partial charge in [0.05, 0.1) is 18.7 Å². The Morgan fingerprint density at radius 3 is 2.91 bits per heavy atom. The van der Waals surface area contributed by atoms with Crippen LogP contribution in [-0.2, 0) is 9.53 Å². The summed E-state index contributed by atoms with van der Waals surface area (Å²) in [6, 6.07) is 2.20. The molecular formula is C17H26ClN3O2. The normalized spacial score (nSPS) is 39.7. The van der Waals surface area contributed by atoms with Gasteiger partial charge in [-0.15, -0.1) is 0 Å². The quantitative estimate of drug-likeness (QED) is 0.739. The Morgan fingerprint density at radius 2 is 2.26 bits per heavy atom. The number of nitrogens with zero attached hydrogens (tertiary/aromatic N) is 3. The molecule has 23 heavy (non-hydrogen) atoms. The van der Waals surface area contributed by atoms with Crippen LogP contribution < -0.4 is 0 Å². The summed E-state index contributed by atoms with van der Waals surface area (Å²) in [5.74, 6) is 0.619. The Morgan fingerprint density at radius 1 is 1.48 bits per heavy atom. The average molecular weight is 340 g/mol. The standard InChI is InChI=1S/C17H26ClN3O2/c1-17-8-14(6-12(17)7-15(9-17)23-2)21(18)11-16(22)20-5-3-4-13(20)10-19/h12-15H,3-9,11H2,1-2H3/t12-,13-,14-,15-,17+/m0/s1. The van der Waals surface area contributed by atoms with Crippen LogP contribution in [0.1, 0.15) is 45.4 Å². The fourth-order valence-corrected chi connectivity index (χ4v) is 5.15. The second-order valence-corrected chi connectivity index (χ2v) is 8.11. The number of ether oxygens (including phenoxy) is 1. The fourth-order valence-electron chi connectivity index (χ4n) is 4.89. The molecule has 3 rings (SSSR count). The van der Waals surface area contributed by atoms with Gasteiger partial charge < -0.3 is 9.64 Å². The lowest BCUT2D eigenvalue weighted by molar-refractivity contribution is -0.131. The van der Waals surface area contributed by atoms with Crippen molar-refractivity contribution >= 4 is 17.7 Å². The van der Waals surface area contributed by atoms with E-state index >= 15 is 0 Å². The first-order valence-electron chi connectivity index (χ1n) is 8.61. The molecule has 0 unspecified atom stereocenters. The van der Waals surface area contributed by atoms with Crippen molar-refractivity contribution in [3.8, 4) is 6.07 Å². The number of nitriles is 1. The van der Waals surface area contributed by atoms with Crippen LogP contribution in [0, 0.1) is 22.7 Å². The summed E-state index contributed by atoms with van der Waals surface area (Å²) >= 11 is 6.47. The Bertz CT molecular complexity index is 509. The van der Waals surface area contributed by atoms with E-state index < -0.39 is 0 Å². The number of hydrogen-bond donors (Lipinski definition) is 0. The van der Waals surface area contributed by atoms with Gasteiger partial charge in [0.15, 0.2) is 0 Å². The predicted molar refractivity (Wildman–Crippen MR) is 87.6 cm³/mol. The van der Waals surface area contributed by atoms with Crippen molar-refractivity contribution < 1.29 is 9.53 Å². The molecule has 0 N–H and O–H groups in total. The molecule has 0 bridgehead atoms. The zero-order valence-corrected chi connectivity index (χ0v) is 14.8. The molecule has 1 saturated heterocycles. The molecular weight excluding hydrogens is 314 g/mol. The minimum absolute atomic E-state index is 0.0129. The summed E-state index contributed by atoms with van der Waals surface area (Å²) in [6.07, 6.45) is 6.32. The number of fused-ring (bicyclic) bond motifs is 1. The molecule has 1 amide bonds. The topological polar surface area (TPSA) is 56.6 Å². The Kier molecular flexibility index (Phi) is 4.87. The molecule has 5 atom stereocenters. The molecule has 2 saturated carbocycles. The molecule has 3 aliphatic rings. The summed E-state index contributed by atoms with van der Waals surface area (Å²) in [5.41, 5.74) is 0.282. The van der Waals surface area contributed by atoms with Gasteiger partial charge >= 0.3 is 0 Å². The highest BCUT2D eigenvalue weighted by molar-refractivity contribution is 6.14. The van der Waals surface area contributed by atoms with Crippen molar-refractivity contribution in [3.63, 3.8) is 0 Å². The summed E-state index contributed by atoms with van der Waals surface area (Å²) in [4.78, 5) is 14.1. The molecule has 1 aliphatic heterocycles. The van der Waals surface area contributed by atoms with Crippen LogP contribution in [0.15, 0.2) is 0 Å². The van der Waals surface area contributed by atoms with Crippen LogP contribution in [0.5, 0.6) is 0 Å². The van der Waals surface area contributed by atoms with E-state index in [0.717, 1.165) is 38.5 Å². The Hall–Kier alpha value is -0.830. The molecule has 6 heteroatoms. The van der Waals surface area contributed by atoms with E-state index in [1.54, 1.807) is 16.4 Å². The molecule has 5 nitrogen and oxygen atoms in total. The number of carbonyl (C=O) groups is 1. The van der Waals surface area contributed by atoms with Crippen molar-refractivity contribution in [2.75, 3.05) is 20.2 Å². The molecule has 0 spiro atoms. The van der Waals surface area contributed by atoms with E-state index in [9.17, 15) is 4.79 Å². The van der Waals surface area contributed by atoms with E-state index in [1.807, 2.05) is 0 Å². The first-order valence-corrected chi connectivity index (χ1v) is 8.95. The van der Waals surface area contributed by atoms with E-state index in [2.05, 4.69) is 13.0 Å². The molecule has 128 valence electrons. The number of hydrogen-bond acceptors (Lipinski definition) is 4. The number of amides is 1. The highest BCUT2D eigenvalue weighted by atomic mass is 35.5. The number of likely N-dealkylation sites (tertiary alicyclic amines) is 1. The molecule has 0 aromatic carbocycles. The van der Waals surface area contributed by atoms with Crippen molar-refractivity contribution in [1.29, 1.82) is 5.26 Å². The smallest absolute Gasteiger partial charge is 0.239 e. The molecule has 3 fully saturated rings. The van der Waals surface area contributed by atoms with E-state index in [4.69, 9.17) is 21.8 Å². The second kappa shape index (κ2) is 6.58. The van der Waals surface area contributed by atoms with Crippen LogP contribution in [0.2, 0.25) is 0 Å². The number of rotatable bonds is 4. The van der Waals surface area contributed by atoms with Crippen LogP contribution in [0.25, 0.3) is 0 Å². The van der Waals surface area contributed by atoms with Gasteiger partial charge in [-0.2, -0.15) is 5.26 Å². The van der Waals surface area contributed by atoms with Gasteiger partial charge in [0, 0.05) is 19.7 Å². The predicted octanol–water partition coefficient (Wildman–Crippen LogP) is 2.55. The molecule has 0 aromatic rings. The van der Waals surface area contributed by atoms with Gasteiger partial charge in [-0.05, 0) is 61.6 Å². The number of carbonyl (C=O) groups excluding carboxylic acids is 1. The van der Waals surface area contributed by atoms with Crippen molar-refractivity contribution in [3.05, 3.63) is 0 Å². The summed E-state index contributed by atoms with van der Waals surface area (Å²) in [7, 11) is 1.79. The van der Waals surface area contributed by atoms with Gasteiger partial charge in [-0.3, -0.25) is 4.79 Å². The fraction of sp³-hybridized carbons (Fsp3) is 0.882. The van der Waals surface area contributed by atoms with Crippen molar-refractivity contribution in [1.82, 2.24) is 9.32 Å². The molecule has 0 aromatic heterocycles. The monoisotopic (exact) mass is 339 g/mol.